The molecule has 0 saturated carbocycles. The first kappa shape index (κ1) is 10.1. The summed E-state index contributed by atoms with van der Waals surface area (Å²) >= 11 is 0. The zero-order valence-electron chi connectivity index (χ0n) is 8.21. The Kier molecular flexibility index (Phi) is 3.80. The number of carbonyl (C=O) groups is 1. The second kappa shape index (κ2) is 4.90. The van der Waals surface area contributed by atoms with Gasteiger partial charge in [0.25, 0.3) is 0 Å². The standard InChI is InChI=1S/C10H16O3/c1-3-12-10(11)13-9-7-5-4-6-8(9)2/h7-8H,3-6H2,1-2H3. The van der Waals surface area contributed by atoms with Gasteiger partial charge >= 0.3 is 6.16 Å². The van der Waals surface area contributed by atoms with E-state index in [1.165, 1.54) is 6.42 Å². The summed E-state index contributed by atoms with van der Waals surface area (Å²) in [5.41, 5.74) is 0. The Morgan fingerprint density at radius 1 is 1.69 bits per heavy atom. The first-order valence-corrected chi connectivity index (χ1v) is 4.78. The first-order chi connectivity index (χ1) is 6.24. The Morgan fingerprint density at radius 2 is 2.46 bits per heavy atom. The number of carbonyl (C=O) groups excluding carboxylic acids is 1. The van der Waals surface area contributed by atoms with Crippen molar-refractivity contribution in [2.45, 2.75) is 33.1 Å². The van der Waals surface area contributed by atoms with Gasteiger partial charge in [-0.1, -0.05) is 6.92 Å². The van der Waals surface area contributed by atoms with Crippen LogP contribution in [0.2, 0.25) is 0 Å². The summed E-state index contributed by atoms with van der Waals surface area (Å²) in [5.74, 6) is 1.11. The molecule has 3 heteroatoms. The highest BCUT2D eigenvalue weighted by molar-refractivity contribution is 5.61. The summed E-state index contributed by atoms with van der Waals surface area (Å²) < 4.78 is 9.73. The number of ether oxygens (including phenoxy) is 2. The van der Waals surface area contributed by atoms with E-state index in [9.17, 15) is 4.79 Å². The molecule has 0 saturated heterocycles. The van der Waals surface area contributed by atoms with Crippen LogP contribution in [0.15, 0.2) is 11.8 Å². The number of hydrogen-bond donors (Lipinski definition) is 0. The van der Waals surface area contributed by atoms with Crippen LogP contribution in [-0.4, -0.2) is 12.8 Å². The summed E-state index contributed by atoms with van der Waals surface area (Å²) in [6.45, 7) is 4.19. The molecule has 1 atom stereocenters. The Labute approximate surface area is 78.7 Å². The maximum absolute atomic E-state index is 11.0. The molecule has 74 valence electrons. The van der Waals surface area contributed by atoms with Crippen molar-refractivity contribution in [3.8, 4) is 0 Å². The molecular weight excluding hydrogens is 168 g/mol. The van der Waals surface area contributed by atoms with Crippen LogP contribution in [0.5, 0.6) is 0 Å². The predicted molar refractivity (Wildman–Crippen MR) is 49.2 cm³/mol. The van der Waals surface area contributed by atoms with Crippen LogP contribution in [-0.2, 0) is 9.47 Å². The van der Waals surface area contributed by atoms with Gasteiger partial charge in [-0.15, -0.1) is 0 Å². The monoisotopic (exact) mass is 184 g/mol. The fourth-order valence-corrected chi connectivity index (χ4v) is 1.40. The fraction of sp³-hybridized carbons (Fsp3) is 0.700. The van der Waals surface area contributed by atoms with E-state index < -0.39 is 6.16 Å². The summed E-state index contributed by atoms with van der Waals surface area (Å²) in [7, 11) is 0. The Bertz CT molecular complexity index is 208. The molecule has 3 nitrogen and oxygen atoms in total. The van der Waals surface area contributed by atoms with E-state index in [0.717, 1.165) is 18.6 Å². The smallest absolute Gasteiger partial charge is 0.434 e. The van der Waals surface area contributed by atoms with Crippen molar-refractivity contribution in [2.75, 3.05) is 6.61 Å². The highest BCUT2D eigenvalue weighted by atomic mass is 16.7. The van der Waals surface area contributed by atoms with Gasteiger partial charge in [0.2, 0.25) is 0 Å². The van der Waals surface area contributed by atoms with Gasteiger partial charge in [0.15, 0.2) is 0 Å². The van der Waals surface area contributed by atoms with Crippen LogP contribution in [0.25, 0.3) is 0 Å². The van der Waals surface area contributed by atoms with Gasteiger partial charge in [0.1, 0.15) is 5.76 Å². The Morgan fingerprint density at radius 3 is 3.08 bits per heavy atom. The second-order valence-corrected chi connectivity index (χ2v) is 3.22. The minimum absolute atomic E-state index is 0.346. The maximum atomic E-state index is 11.0. The third-order valence-corrected chi connectivity index (χ3v) is 2.14. The zero-order chi connectivity index (χ0) is 9.68. The normalized spacial score (nSPS) is 22.0. The highest BCUT2D eigenvalue weighted by Gasteiger charge is 2.17. The lowest BCUT2D eigenvalue weighted by molar-refractivity contribution is 0.0729. The first-order valence-electron chi connectivity index (χ1n) is 4.78. The summed E-state index contributed by atoms with van der Waals surface area (Å²) in [4.78, 5) is 11.0. The van der Waals surface area contributed by atoms with Crippen LogP contribution in [0.4, 0.5) is 4.79 Å². The summed E-state index contributed by atoms with van der Waals surface area (Å²) in [5, 5.41) is 0. The number of allylic oxidation sites excluding steroid dienone is 2. The van der Waals surface area contributed by atoms with E-state index in [1.54, 1.807) is 6.92 Å². The van der Waals surface area contributed by atoms with Crippen LogP contribution >= 0.6 is 0 Å². The third-order valence-electron chi connectivity index (χ3n) is 2.14. The third kappa shape index (κ3) is 3.09. The minimum atomic E-state index is -0.581. The van der Waals surface area contributed by atoms with Gasteiger partial charge in [-0.2, -0.15) is 0 Å². The average Bonchev–Trinajstić information content (AvgIpc) is 2.09. The van der Waals surface area contributed by atoms with Crippen LogP contribution < -0.4 is 0 Å². The molecule has 1 rings (SSSR count). The minimum Gasteiger partial charge on any atom is -0.434 e. The van der Waals surface area contributed by atoms with E-state index in [0.29, 0.717) is 12.5 Å². The number of hydrogen-bond acceptors (Lipinski definition) is 3. The van der Waals surface area contributed by atoms with Gasteiger partial charge < -0.3 is 9.47 Å². The van der Waals surface area contributed by atoms with E-state index >= 15 is 0 Å². The Balaban J connectivity index is 2.42. The molecule has 1 aliphatic rings. The largest absolute Gasteiger partial charge is 0.513 e. The van der Waals surface area contributed by atoms with Gasteiger partial charge in [0.05, 0.1) is 6.61 Å². The Hall–Kier alpha value is -0.990. The van der Waals surface area contributed by atoms with Crippen LogP contribution in [0, 0.1) is 5.92 Å². The van der Waals surface area contributed by atoms with Gasteiger partial charge in [0, 0.05) is 5.92 Å². The van der Waals surface area contributed by atoms with Crippen molar-refractivity contribution < 1.29 is 14.3 Å². The fourth-order valence-electron chi connectivity index (χ4n) is 1.40. The second-order valence-electron chi connectivity index (χ2n) is 3.22. The molecule has 0 radical (unpaired) electrons. The molecule has 0 spiro atoms. The highest BCUT2D eigenvalue weighted by Crippen LogP contribution is 2.25. The summed E-state index contributed by atoms with van der Waals surface area (Å²) in [6.07, 6.45) is 4.66. The number of rotatable bonds is 2. The average molecular weight is 184 g/mol. The molecule has 0 aromatic rings. The van der Waals surface area contributed by atoms with E-state index in [4.69, 9.17) is 9.47 Å². The molecule has 0 heterocycles. The molecule has 0 aromatic heterocycles. The van der Waals surface area contributed by atoms with Crippen LogP contribution in [0.1, 0.15) is 33.1 Å². The van der Waals surface area contributed by atoms with Crippen molar-refractivity contribution in [1.82, 2.24) is 0 Å². The lowest BCUT2D eigenvalue weighted by Crippen LogP contribution is -2.13. The SMILES string of the molecule is CCOC(=O)OC1=CCCCC1C. The molecule has 0 aromatic carbocycles. The summed E-state index contributed by atoms with van der Waals surface area (Å²) in [6, 6.07) is 0. The molecule has 0 N–H and O–H groups in total. The lowest BCUT2D eigenvalue weighted by atomic mass is 9.96. The van der Waals surface area contributed by atoms with Crippen molar-refractivity contribution in [1.29, 1.82) is 0 Å². The van der Waals surface area contributed by atoms with Crippen LogP contribution in [0.3, 0.4) is 0 Å². The van der Waals surface area contributed by atoms with E-state index in [1.807, 2.05) is 6.08 Å². The zero-order valence-corrected chi connectivity index (χ0v) is 8.21. The quantitative estimate of drug-likeness (QED) is 0.619. The topological polar surface area (TPSA) is 35.5 Å². The molecule has 1 aliphatic carbocycles. The maximum Gasteiger partial charge on any atom is 0.513 e. The van der Waals surface area contributed by atoms with Gasteiger partial charge in [-0.25, -0.2) is 4.79 Å². The molecule has 13 heavy (non-hydrogen) atoms. The van der Waals surface area contributed by atoms with Gasteiger partial charge in [-0.3, -0.25) is 0 Å². The van der Waals surface area contributed by atoms with Crippen molar-refractivity contribution in [2.24, 2.45) is 5.92 Å². The van der Waals surface area contributed by atoms with E-state index in [2.05, 4.69) is 6.92 Å². The molecule has 0 fully saturated rings. The predicted octanol–water partition coefficient (Wildman–Crippen LogP) is 2.86. The molecule has 0 aliphatic heterocycles. The molecule has 0 amide bonds. The van der Waals surface area contributed by atoms with Gasteiger partial charge in [-0.05, 0) is 32.3 Å². The molecule has 0 bridgehead atoms. The van der Waals surface area contributed by atoms with Crippen molar-refractivity contribution in [3.63, 3.8) is 0 Å². The lowest BCUT2D eigenvalue weighted by Gasteiger charge is -2.19. The molecule has 1 unspecified atom stereocenters. The van der Waals surface area contributed by atoms with E-state index in [-0.39, 0.29) is 0 Å². The van der Waals surface area contributed by atoms with Crippen molar-refractivity contribution in [3.05, 3.63) is 11.8 Å². The van der Waals surface area contributed by atoms with Crippen molar-refractivity contribution >= 4 is 6.16 Å². The molecular formula is C10H16O3.